The van der Waals surface area contributed by atoms with Crippen LogP contribution in [0.25, 0.3) is 0 Å². The van der Waals surface area contributed by atoms with Crippen molar-refractivity contribution in [3.05, 3.63) is 41.9 Å². The number of hydrogen-bond acceptors (Lipinski definition) is 7. The highest BCUT2D eigenvalue weighted by atomic mass is 16.7. The van der Waals surface area contributed by atoms with E-state index >= 15 is 0 Å². The number of carbonyl (C=O) groups is 1. The van der Waals surface area contributed by atoms with Crippen molar-refractivity contribution in [3.63, 3.8) is 0 Å². The highest BCUT2D eigenvalue weighted by Crippen LogP contribution is 2.32. The summed E-state index contributed by atoms with van der Waals surface area (Å²) < 4.78 is 10.8. The minimum absolute atomic E-state index is 0.0373. The minimum Gasteiger partial charge on any atom is -0.454 e. The molecule has 8 heteroatoms. The summed E-state index contributed by atoms with van der Waals surface area (Å²) in [6.07, 6.45) is 2.44. The molecule has 1 fully saturated rings. The Hall–Kier alpha value is -2.87. The topological polar surface area (TPSA) is 79.8 Å². The van der Waals surface area contributed by atoms with E-state index in [4.69, 9.17) is 9.47 Å². The average Bonchev–Trinajstić information content (AvgIpc) is 3.20. The Kier molecular flexibility index (Phi) is 5.57. The van der Waals surface area contributed by atoms with Crippen molar-refractivity contribution < 1.29 is 14.3 Å². The molecule has 1 aromatic carbocycles. The molecule has 2 aliphatic heterocycles. The van der Waals surface area contributed by atoms with Crippen LogP contribution in [0.3, 0.4) is 0 Å². The molecule has 1 saturated heterocycles. The number of hydrogen-bond donors (Lipinski definition) is 1. The molecule has 1 amide bonds. The fourth-order valence-electron chi connectivity index (χ4n) is 3.39. The number of carbonyl (C=O) groups excluding carboxylic acids is 1. The van der Waals surface area contributed by atoms with Crippen molar-refractivity contribution in [2.45, 2.75) is 19.9 Å². The number of piperazine rings is 1. The van der Waals surface area contributed by atoms with E-state index in [1.807, 2.05) is 17.0 Å². The molecule has 0 radical (unpaired) electrons. The Balaban J connectivity index is 1.32. The smallest absolute Gasteiger partial charge is 0.272 e. The maximum Gasteiger partial charge on any atom is 0.272 e. The van der Waals surface area contributed by atoms with E-state index in [1.165, 1.54) is 11.9 Å². The second kappa shape index (κ2) is 8.43. The zero-order valence-electron chi connectivity index (χ0n) is 16.1. The first-order chi connectivity index (χ1) is 13.7. The Morgan fingerprint density at radius 3 is 2.75 bits per heavy atom. The molecule has 148 valence electrons. The first-order valence-corrected chi connectivity index (χ1v) is 9.69. The molecule has 3 heterocycles. The summed E-state index contributed by atoms with van der Waals surface area (Å²) in [6.45, 7) is 7.05. The summed E-state index contributed by atoms with van der Waals surface area (Å²) in [4.78, 5) is 25.3. The van der Waals surface area contributed by atoms with Gasteiger partial charge < -0.3 is 19.7 Å². The van der Waals surface area contributed by atoms with Crippen molar-refractivity contribution in [2.75, 3.05) is 44.8 Å². The van der Waals surface area contributed by atoms with Crippen molar-refractivity contribution >= 4 is 11.7 Å². The van der Waals surface area contributed by atoms with E-state index in [0.29, 0.717) is 24.6 Å². The lowest BCUT2D eigenvalue weighted by Crippen LogP contribution is -2.48. The van der Waals surface area contributed by atoms with Crippen molar-refractivity contribution in [1.29, 1.82) is 0 Å². The van der Waals surface area contributed by atoms with Gasteiger partial charge in [-0.15, -0.1) is 0 Å². The molecule has 0 saturated carbocycles. The molecule has 28 heavy (non-hydrogen) atoms. The average molecular weight is 383 g/mol. The van der Waals surface area contributed by atoms with Gasteiger partial charge in [-0.05, 0) is 24.1 Å². The van der Waals surface area contributed by atoms with Gasteiger partial charge in [-0.2, -0.15) is 0 Å². The number of anilines is 1. The fraction of sp³-hybridized carbons (Fsp3) is 0.450. The first-order valence-electron chi connectivity index (χ1n) is 9.69. The van der Waals surface area contributed by atoms with Crippen LogP contribution < -0.4 is 14.8 Å². The van der Waals surface area contributed by atoms with Crippen LogP contribution >= 0.6 is 0 Å². The van der Waals surface area contributed by atoms with Crippen LogP contribution in [0.1, 0.15) is 29.4 Å². The van der Waals surface area contributed by atoms with E-state index in [1.54, 1.807) is 6.07 Å². The lowest BCUT2D eigenvalue weighted by Gasteiger charge is -2.34. The number of aromatic nitrogens is 2. The molecule has 0 atom stereocenters. The second-order valence-corrected chi connectivity index (χ2v) is 6.97. The molecule has 8 nitrogen and oxygen atoms in total. The molecule has 1 aromatic heterocycles. The Morgan fingerprint density at radius 2 is 1.93 bits per heavy atom. The number of amides is 1. The lowest BCUT2D eigenvalue weighted by atomic mass is 10.1. The van der Waals surface area contributed by atoms with Gasteiger partial charge in [0.15, 0.2) is 11.5 Å². The van der Waals surface area contributed by atoms with E-state index in [-0.39, 0.29) is 12.7 Å². The molecule has 0 aliphatic carbocycles. The maximum atomic E-state index is 12.8. The van der Waals surface area contributed by atoms with Crippen LogP contribution in [0.15, 0.2) is 30.6 Å². The maximum absolute atomic E-state index is 12.8. The number of ether oxygens (including phenoxy) is 2. The normalized spacial score (nSPS) is 16.2. The van der Waals surface area contributed by atoms with Gasteiger partial charge in [0.25, 0.3) is 5.91 Å². The molecule has 0 bridgehead atoms. The Morgan fingerprint density at radius 1 is 1.11 bits per heavy atom. The second-order valence-electron chi connectivity index (χ2n) is 6.97. The van der Waals surface area contributed by atoms with E-state index in [2.05, 4.69) is 33.2 Å². The van der Waals surface area contributed by atoms with Crippen LogP contribution in [-0.2, 0) is 6.54 Å². The van der Waals surface area contributed by atoms with Crippen LogP contribution in [0.5, 0.6) is 11.5 Å². The highest BCUT2D eigenvalue weighted by Gasteiger charge is 2.24. The number of rotatable bonds is 6. The van der Waals surface area contributed by atoms with Crippen molar-refractivity contribution in [1.82, 2.24) is 19.8 Å². The molecule has 4 rings (SSSR count). The van der Waals surface area contributed by atoms with Gasteiger partial charge in [0.1, 0.15) is 17.8 Å². The molecular weight excluding hydrogens is 358 g/mol. The summed E-state index contributed by atoms with van der Waals surface area (Å²) in [5.41, 5.74) is 1.63. The van der Waals surface area contributed by atoms with Crippen LogP contribution in [0, 0.1) is 0 Å². The van der Waals surface area contributed by atoms with Gasteiger partial charge in [-0.3, -0.25) is 9.69 Å². The molecular formula is C20H25N5O3. The van der Waals surface area contributed by atoms with Gasteiger partial charge in [0.05, 0.1) is 0 Å². The van der Waals surface area contributed by atoms with Gasteiger partial charge >= 0.3 is 0 Å². The first kappa shape index (κ1) is 18.5. The SMILES string of the molecule is CCCNc1cc(C(=O)N2CCN(Cc3ccc4c(c3)OCO4)CC2)ncn1. The van der Waals surface area contributed by atoms with Crippen molar-refractivity contribution in [2.24, 2.45) is 0 Å². The predicted octanol–water partition coefficient (Wildman–Crippen LogP) is 1.99. The third-order valence-electron chi connectivity index (χ3n) is 4.94. The standard InChI is InChI=1S/C20H25N5O3/c1-2-5-21-19-11-16(22-13-23-19)20(26)25-8-6-24(7-9-25)12-15-3-4-17-18(10-15)28-14-27-17/h3-4,10-11,13H,2,5-9,12,14H2,1H3,(H,21,22,23). The summed E-state index contributed by atoms with van der Waals surface area (Å²) in [6, 6.07) is 7.79. The summed E-state index contributed by atoms with van der Waals surface area (Å²) >= 11 is 0. The van der Waals surface area contributed by atoms with Crippen molar-refractivity contribution in [3.8, 4) is 11.5 Å². The number of fused-ring (bicyclic) bond motifs is 1. The van der Waals surface area contributed by atoms with E-state index < -0.39 is 0 Å². The third kappa shape index (κ3) is 4.17. The van der Waals surface area contributed by atoms with Crippen LogP contribution in [0.4, 0.5) is 5.82 Å². The number of nitrogens with one attached hydrogen (secondary N) is 1. The fourth-order valence-corrected chi connectivity index (χ4v) is 3.39. The van der Waals surface area contributed by atoms with Gasteiger partial charge in [-0.1, -0.05) is 13.0 Å². The number of benzene rings is 1. The monoisotopic (exact) mass is 383 g/mol. The summed E-state index contributed by atoms with van der Waals surface area (Å²) in [5.74, 6) is 2.27. The van der Waals surface area contributed by atoms with Crippen LogP contribution in [0.2, 0.25) is 0 Å². The Labute approximate surface area is 164 Å². The summed E-state index contributed by atoms with van der Waals surface area (Å²) in [5, 5.41) is 3.20. The molecule has 1 N–H and O–H groups in total. The molecule has 0 unspecified atom stereocenters. The van der Waals surface area contributed by atoms with Gasteiger partial charge in [-0.25, -0.2) is 9.97 Å². The quantitative estimate of drug-likeness (QED) is 0.817. The Bertz CT molecular complexity index is 836. The molecule has 0 spiro atoms. The van der Waals surface area contributed by atoms with Gasteiger partial charge in [0, 0.05) is 45.3 Å². The van der Waals surface area contributed by atoms with E-state index in [0.717, 1.165) is 44.1 Å². The lowest BCUT2D eigenvalue weighted by molar-refractivity contribution is 0.0622. The third-order valence-corrected chi connectivity index (χ3v) is 4.94. The predicted molar refractivity (Wildman–Crippen MR) is 105 cm³/mol. The zero-order valence-corrected chi connectivity index (χ0v) is 16.1. The molecule has 2 aromatic rings. The van der Waals surface area contributed by atoms with Gasteiger partial charge in [0.2, 0.25) is 6.79 Å². The van der Waals surface area contributed by atoms with E-state index in [9.17, 15) is 4.79 Å². The molecule has 2 aliphatic rings. The zero-order chi connectivity index (χ0) is 19.3. The largest absolute Gasteiger partial charge is 0.454 e. The minimum atomic E-state index is -0.0373. The highest BCUT2D eigenvalue weighted by molar-refractivity contribution is 5.93. The number of nitrogens with zero attached hydrogens (tertiary/aromatic N) is 4. The van der Waals surface area contributed by atoms with Crippen LogP contribution in [-0.4, -0.2) is 65.2 Å². The summed E-state index contributed by atoms with van der Waals surface area (Å²) in [7, 11) is 0.